The van der Waals surface area contributed by atoms with E-state index in [9.17, 15) is 4.79 Å². The second kappa shape index (κ2) is 6.62. The largest absolute Gasteiger partial charge is 0.348 e. The summed E-state index contributed by atoms with van der Waals surface area (Å²) in [4.78, 5) is 13.9. The van der Waals surface area contributed by atoms with E-state index in [1.165, 1.54) is 4.88 Å². The zero-order chi connectivity index (χ0) is 15.5. The lowest BCUT2D eigenvalue weighted by Gasteiger charge is -2.21. The molecule has 3 atom stereocenters. The predicted octanol–water partition coefficient (Wildman–Crippen LogP) is 2.05. The van der Waals surface area contributed by atoms with Gasteiger partial charge >= 0.3 is 0 Å². The van der Waals surface area contributed by atoms with E-state index in [0.29, 0.717) is 0 Å². The van der Waals surface area contributed by atoms with Crippen molar-refractivity contribution in [1.82, 2.24) is 20.4 Å². The van der Waals surface area contributed by atoms with Crippen LogP contribution in [0.15, 0.2) is 29.9 Å². The first-order valence-corrected chi connectivity index (χ1v) is 8.60. The van der Waals surface area contributed by atoms with E-state index in [-0.39, 0.29) is 23.8 Å². The number of nitrogens with one attached hydrogen (secondary N) is 2. The summed E-state index contributed by atoms with van der Waals surface area (Å²) >= 11 is 1.70. The van der Waals surface area contributed by atoms with E-state index < -0.39 is 0 Å². The first-order chi connectivity index (χ1) is 10.7. The molecule has 0 radical (unpaired) electrons. The molecule has 0 bridgehead atoms. The van der Waals surface area contributed by atoms with Gasteiger partial charge in [-0.15, -0.1) is 11.3 Å². The molecule has 2 aromatic heterocycles. The summed E-state index contributed by atoms with van der Waals surface area (Å²) < 4.78 is 1.79. The standard InChI is InChI=1S/C16H22N4OS/c1-3-14(15-5-4-6-22-15)19-16(21)13-9-17-8-12(13)11-7-18-20(2)10-11/h4-7,10,12-14,17H,3,8-9H2,1-2H3,(H,19,21)/t12-,13+,14?/m1/s1. The summed E-state index contributed by atoms with van der Waals surface area (Å²) in [5.74, 6) is 0.312. The van der Waals surface area contributed by atoms with E-state index in [0.717, 1.165) is 25.1 Å². The molecule has 6 heteroatoms. The molecule has 0 aliphatic carbocycles. The molecule has 1 unspecified atom stereocenters. The highest BCUT2D eigenvalue weighted by Crippen LogP contribution is 2.29. The number of hydrogen-bond acceptors (Lipinski definition) is 4. The molecule has 1 saturated heterocycles. The van der Waals surface area contributed by atoms with Crippen LogP contribution in [0.5, 0.6) is 0 Å². The van der Waals surface area contributed by atoms with Gasteiger partial charge in [0, 0.05) is 37.1 Å². The van der Waals surface area contributed by atoms with Crippen LogP contribution in [0.3, 0.4) is 0 Å². The lowest BCUT2D eigenvalue weighted by molar-refractivity contribution is -0.125. The Kier molecular flexibility index (Phi) is 4.59. The van der Waals surface area contributed by atoms with Crippen molar-refractivity contribution in [3.05, 3.63) is 40.3 Å². The minimum absolute atomic E-state index is 0.0294. The molecule has 1 amide bonds. The third kappa shape index (κ3) is 3.08. The van der Waals surface area contributed by atoms with E-state index in [1.807, 2.05) is 25.5 Å². The molecule has 1 aliphatic heterocycles. The normalized spacial score (nSPS) is 22.6. The van der Waals surface area contributed by atoms with E-state index in [2.05, 4.69) is 34.1 Å². The minimum atomic E-state index is -0.0294. The van der Waals surface area contributed by atoms with Crippen LogP contribution in [0.4, 0.5) is 0 Å². The molecule has 0 aromatic carbocycles. The maximum Gasteiger partial charge on any atom is 0.225 e. The number of hydrogen-bond donors (Lipinski definition) is 2. The van der Waals surface area contributed by atoms with Crippen molar-refractivity contribution in [3.8, 4) is 0 Å². The van der Waals surface area contributed by atoms with Crippen molar-refractivity contribution in [2.24, 2.45) is 13.0 Å². The van der Waals surface area contributed by atoms with Gasteiger partial charge in [0.15, 0.2) is 0 Å². The molecular formula is C16H22N4OS. The predicted molar refractivity (Wildman–Crippen MR) is 87.8 cm³/mol. The first kappa shape index (κ1) is 15.2. The van der Waals surface area contributed by atoms with E-state index in [1.54, 1.807) is 16.0 Å². The maximum absolute atomic E-state index is 12.7. The van der Waals surface area contributed by atoms with Gasteiger partial charge in [0.1, 0.15) is 0 Å². The zero-order valence-electron chi connectivity index (χ0n) is 13.0. The zero-order valence-corrected chi connectivity index (χ0v) is 13.8. The molecule has 2 N–H and O–H groups in total. The minimum Gasteiger partial charge on any atom is -0.348 e. The summed E-state index contributed by atoms with van der Waals surface area (Å²) in [5.41, 5.74) is 1.14. The number of carbonyl (C=O) groups is 1. The summed E-state index contributed by atoms with van der Waals surface area (Å²) in [6.45, 7) is 3.67. The Morgan fingerprint density at radius 2 is 2.45 bits per heavy atom. The Balaban J connectivity index is 1.70. The Labute approximate surface area is 134 Å². The first-order valence-electron chi connectivity index (χ1n) is 7.72. The van der Waals surface area contributed by atoms with Crippen molar-refractivity contribution in [2.45, 2.75) is 25.3 Å². The molecule has 0 saturated carbocycles. The Bertz CT molecular complexity index is 622. The molecule has 5 nitrogen and oxygen atoms in total. The number of aromatic nitrogens is 2. The Morgan fingerprint density at radius 3 is 3.09 bits per heavy atom. The lowest BCUT2D eigenvalue weighted by atomic mass is 9.90. The molecule has 3 rings (SSSR count). The average molecular weight is 318 g/mol. The van der Waals surface area contributed by atoms with Crippen LogP contribution in [0.25, 0.3) is 0 Å². The molecule has 2 aromatic rings. The van der Waals surface area contributed by atoms with Crippen molar-refractivity contribution in [3.63, 3.8) is 0 Å². The van der Waals surface area contributed by atoms with Gasteiger partial charge in [-0.3, -0.25) is 9.48 Å². The van der Waals surface area contributed by atoms with Crippen LogP contribution < -0.4 is 10.6 Å². The van der Waals surface area contributed by atoms with Gasteiger partial charge in [-0.2, -0.15) is 5.10 Å². The Hall–Kier alpha value is -1.66. The fourth-order valence-electron chi connectivity index (χ4n) is 3.08. The SMILES string of the molecule is CCC(NC(=O)[C@H]1CNC[C@@H]1c1cnn(C)c1)c1cccs1. The third-order valence-corrected chi connectivity index (χ3v) is 5.30. The summed E-state index contributed by atoms with van der Waals surface area (Å²) in [6, 6.07) is 4.23. The molecule has 118 valence electrons. The average Bonchev–Trinajstić information content (AvgIpc) is 3.24. The molecule has 1 fully saturated rings. The number of thiophene rings is 1. The molecule has 1 aliphatic rings. The molecule has 0 spiro atoms. The molecular weight excluding hydrogens is 296 g/mol. The van der Waals surface area contributed by atoms with Crippen LogP contribution in [-0.4, -0.2) is 28.8 Å². The highest BCUT2D eigenvalue weighted by Gasteiger charge is 2.35. The van der Waals surface area contributed by atoms with Gasteiger partial charge in [-0.25, -0.2) is 0 Å². The summed E-state index contributed by atoms with van der Waals surface area (Å²) in [6.07, 6.45) is 4.78. The van der Waals surface area contributed by atoms with Gasteiger partial charge in [0.05, 0.1) is 18.2 Å². The van der Waals surface area contributed by atoms with Crippen LogP contribution in [-0.2, 0) is 11.8 Å². The van der Waals surface area contributed by atoms with Gasteiger partial charge in [-0.1, -0.05) is 13.0 Å². The third-order valence-electron chi connectivity index (χ3n) is 4.32. The van der Waals surface area contributed by atoms with Crippen LogP contribution in [0.2, 0.25) is 0 Å². The van der Waals surface area contributed by atoms with Crippen LogP contribution in [0.1, 0.15) is 35.7 Å². The molecule has 3 heterocycles. The summed E-state index contributed by atoms with van der Waals surface area (Å²) in [5, 5.41) is 12.9. The van der Waals surface area contributed by atoms with Crippen molar-refractivity contribution in [2.75, 3.05) is 13.1 Å². The second-order valence-electron chi connectivity index (χ2n) is 5.80. The van der Waals surface area contributed by atoms with Gasteiger partial charge in [0.25, 0.3) is 0 Å². The van der Waals surface area contributed by atoms with Crippen molar-refractivity contribution >= 4 is 17.2 Å². The van der Waals surface area contributed by atoms with Gasteiger partial charge in [-0.05, 0) is 23.4 Å². The topological polar surface area (TPSA) is 59.0 Å². The fraction of sp³-hybridized carbons (Fsp3) is 0.500. The van der Waals surface area contributed by atoms with Gasteiger partial charge < -0.3 is 10.6 Å². The summed E-state index contributed by atoms with van der Waals surface area (Å²) in [7, 11) is 1.91. The number of aryl methyl sites for hydroxylation is 1. The smallest absolute Gasteiger partial charge is 0.225 e. The van der Waals surface area contributed by atoms with E-state index >= 15 is 0 Å². The van der Waals surface area contributed by atoms with E-state index in [4.69, 9.17) is 0 Å². The van der Waals surface area contributed by atoms with Crippen molar-refractivity contribution < 1.29 is 4.79 Å². The van der Waals surface area contributed by atoms with Gasteiger partial charge in [0.2, 0.25) is 5.91 Å². The fourth-order valence-corrected chi connectivity index (χ4v) is 3.94. The van der Waals surface area contributed by atoms with Crippen LogP contribution in [0, 0.1) is 5.92 Å². The number of carbonyl (C=O) groups excluding carboxylic acids is 1. The highest BCUT2D eigenvalue weighted by atomic mass is 32.1. The Morgan fingerprint density at radius 1 is 1.59 bits per heavy atom. The maximum atomic E-state index is 12.7. The highest BCUT2D eigenvalue weighted by molar-refractivity contribution is 7.10. The lowest BCUT2D eigenvalue weighted by Crippen LogP contribution is -2.36. The van der Waals surface area contributed by atoms with Crippen molar-refractivity contribution in [1.29, 1.82) is 0 Å². The number of nitrogens with zero attached hydrogens (tertiary/aromatic N) is 2. The monoisotopic (exact) mass is 318 g/mol. The van der Waals surface area contributed by atoms with Crippen LogP contribution >= 0.6 is 11.3 Å². The second-order valence-corrected chi connectivity index (χ2v) is 6.78. The number of rotatable bonds is 5. The quantitative estimate of drug-likeness (QED) is 0.887. The molecule has 22 heavy (non-hydrogen) atoms. The number of amides is 1.